The van der Waals surface area contributed by atoms with Crippen LogP contribution in [0.5, 0.6) is 0 Å². The summed E-state index contributed by atoms with van der Waals surface area (Å²) in [4.78, 5) is 19.0. The number of nitrogens with one attached hydrogen (secondary N) is 2. The van der Waals surface area contributed by atoms with E-state index in [0.717, 1.165) is 61.3 Å². The van der Waals surface area contributed by atoms with Gasteiger partial charge in [0.25, 0.3) is 0 Å². The maximum absolute atomic E-state index is 13.0. The Balaban J connectivity index is 1.45. The summed E-state index contributed by atoms with van der Waals surface area (Å²) in [5.41, 5.74) is 4.87. The van der Waals surface area contributed by atoms with Gasteiger partial charge in [0.1, 0.15) is 29.2 Å². The van der Waals surface area contributed by atoms with Crippen molar-refractivity contribution in [2.75, 3.05) is 30.1 Å². The lowest BCUT2D eigenvalue weighted by Crippen LogP contribution is -2.19. The van der Waals surface area contributed by atoms with Crippen molar-refractivity contribution in [3.8, 4) is 0 Å². The number of hydrogen-bond acceptors (Lipinski definition) is 10. The van der Waals surface area contributed by atoms with E-state index in [9.17, 15) is 8.42 Å². The van der Waals surface area contributed by atoms with E-state index in [-0.39, 0.29) is 17.2 Å². The van der Waals surface area contributed by atoms with Crippen molar-refractivity contribution in [1.82, 2.24) is 24.5 Å². The molecular weight excluding hydrogens is 554 g/mol. The van der Waals surface area contributed by atoms with E-state index in [1.807, 2.05) is 43.5 Å². The van der Waals surface area contributed by atoms with Crippen molar-refractivity contribution >= 4 is 44.0 Å². The van der Waals surface area contributed by atoms with Crippen molar-refractivity contribution in [1.29, 1.82) is 0 Å². The first kappa shape index (κ1) is 28.5. The van der Waals surface area contributed by atoms with Crippen LogP contribution in [0.15, 0.2) is 35.4 Å². The zero-order valence-corrected chi connectivity index (χ0v) is 25.3. The third-order valence-corrected chi connectivity index (χ3v) is 9.08. The van der Waals surface area contributed by atoms with E-state index < -0.39 is 9.84 Å². The molecule has 0 bridgehead atoms. The van der Waals surface area contributed by atoms with Crippen LogP contribution in [0, 0.1) is 20.8 Å². The van der Waals surface area contributed by atoms with Gasteiger partial charge in [-0.1, -0.05) is 6.07 Å². The predicted molar refractivity (Wildman–Crippen MR) is 161 cm³/mol. The van der Waals surface area contributed by atoms with Crippen molar-refractivity contribution in [2.24, 2.45) is 0 Å². The minimum absolute atomic E-state index is 0.107. The van der Waals surface area contributed by atoms with Crippen LogP contribution in [0.4, 0.5) is 23.0 Å². The fraction of sp³-hybridized carbons (Fsp3) is 0.467. The standard InChI is InChI=1S/C30H37N7O4S/c1-18-19(2)32-27(17-31-18)35-26-16-23(29-30(36-26)37(20(3)33-29)28-10-6-8-14-41-28)34-22-12-11-21(15-25(22)42(4,38)39)24-9-5-7-13-40-24/h11-12,15-17,24,28H,5-10,13-14H2,1-4H3,(H2,32,34,35,36). The van der Waals surface area contributed by atoms with E-state index in [2.05, 4.69) is 20.6 Å². The first-order chi connectivity index (χ1) is 20.2. The number of nitrogens with zero attached hydrogens (tertiary/aromatic N) is 5. The number of fused-ring (bicyclic) bond motifs is 1. The number of hydrogen-bond donors (Lipinski definition) is 2. The molecule has 2 N–H and O–H groups in total. The molecule has 2 aliphatic rings. The van der Waals surface area contributed by atoms with Crippen LogP contribution in [0.1, 0.15) is 73.6 Å². The summed E-state index contributed by atoms with van der Waals surface area (Å²) >= 11 is 0. The summed E-state index contributed by atoms with van der Waals surface area (Å²) in [5, 5.41) is 6.67. The van der Waals surface area contributed by atoms with Crippen molar-refractivity contribution in [3.63, 3.8) is 0 Å². The summed E-state index contributed by atoms with van der Waals surface area (Å²) in [5.74, 6) is 1.85. The zero-order chi connectivity index (χ0) is 29.4. The second kappa shape index (κ2) is 11.6. The van der Waals surface area contributed by atoms with Crippen molar-refractivity contribution in [3.05, 3.63) is 53.2 Å². The summed E-state index contributed by atoms with van der Waals surface area (Å²) in [6, 6.07) is 7.30. The summed E-state index contributed by atoms with van der Waals surface area (Å²) in [6.07, 6.45) is 8.50. The minimum atomic E-state index is -3.57. The molecule has 2 aliphatic heterocycles. The molecule has 2 saturated heterocycles. The molecule has 42 heavy (non-hydrogen) atoms. The Morgan fingerprint density at radius 2 is 1.64 bits per heavy atom. The third-order valence-electron chi connectivity index (χ3n) is 7.94. The molecule has 0 radical (unpaired) electrons. The Hall–Kier alpha value is -3.61. The highest BCUT2D eigenvalue weighted by Gasteiger charge is 2.25. The van der Waals surface area contributed by atoms with Gasteiger partial charge in [0.15, 0.2) is 15.5 Å². The van der Waals surface area contributed by atoms with Gasteiger partial charge in [-0.2, -0.15) is 0 Å². The van der Waals surface area contributed by atoms with Crippen LogP contribution >= 0.6 is 0 Å². The molecule has 0 spiro atoms. The number of sulfone groups is 1. The van der Waals surface area contributed by atoms with Gasteiger partial charge >= 0.3 is 0 Å². The maximum Gasteiger partial charge on any atom is 0.177 e. The molecule has 1 aromatic carbocycles. The summed E-state index contributed by atoms with van der Waals surface area (Å²) in [6.45, 7) is 7.12. The van der Waals surface area contributed by atoms with Crippen LogP contribution < -0.4 is 10.6 Å². The van der Waals surface area contributed by atoms with Crippen LogP contribution in [0.3, 0.4) is 0 Å². The number of ether oxygens (including phenoxy) is 2. The smallest absolute Gasteiger partial charge is 0.177 e. The molecule has 6 rings (SSSR count). The number of aryl methyl sites for hydroxylation is 3. The largest absolute Gasteiger partial charge is 0.374 e. The highest BCUT2D eigenvalue weighted by molar-refractivity contribution is 7.90. The molecule has 2 fully saturated rings. The van der Waals surface area contributed by atoms with E-state index in [0.29, 0.717) is 47.4 Å². The van der Waals surface area contributed by atoms with Crippen LogP contribution in [0.25, 0.3) is 11.2 Å². The summed E-state index contributed by atoms with van der Waals surface area (Å²) < 4.78 is 40.1. The Morgan fingerprint density at radius 1 is 0.857 bits per heavy atom. The van der Waals surface area contributed by atoms with Crippen LogP contribution in [-0.4, -0.2) is 52.4 Å². The van der Waals surface area contributed by atoms with E-state index in [1.54, 1.807) is 12.3 Å². The average Bonchev–Trinajstić information content (AvgIpc) is 3.31. The van der Waals surface area contributed by atoms with Gasteiger partial charge in [0.2, 0.25) is 0 Å². The molecule has 0 amide bonds. The molecule has 0 saturated carbocycles. The first-order valence-corrected chi connectivity index (χ1v) is 16.4. The Kier molecular flexibility index (Phi) is 7.86. The molecule has 11 nitrogen and oxygen atoms in total. The van der Waals surface area contributed by atoms with E-state index >= 15 is 0 Å². The van der Waals surface area contributed by atoms with Crippen LogP contribution in [-0.2, 0) is 19.3 Å². The highest BCUT2D eigenvalue weighted by atomic mass is 32.2. The van der Waals surface area contributed by atoms with Gasteiger partial charge in [-0.25, -0.2) is 23.4 Å². The van der Waals surface area contributed by atoms with Gasteiger partial charge in [0, 0.05) is 25.5 Å². The topological polar surface area (TPSA) is 133 Å². The zero-order valence-electron chi connectivity index (χ0n) is 24.5. The van der Waals surface area contributed by atoms with Crippen molar-refractivity contribution < 1.29 is 17.9 Å². The van der Waals surface area contributed by atoms with Gasteiger partial charge in [-0.15, -0.1) is 0 Å². The number of rotatable bonds is 7. The Morgan fingerprint density at radius 3 is 2.33 bits per heavy atom. The maximum atomic E-state index is 13.0. The number of aromatic nitrogens is 5. The predicted octanol–water partition coefficient (Wildman–Crippen LogP) is 5.98. The second-order valence-corrected chi connectivity index (χ2v) is 13.1. The molecule has 222 valence electrons. The van der Waals surface area contributed by atoms with Crippen LogP contribution in [0.2, 0.25) is 0 Å². The highest BCUT2D eigenvalue weighted by Crippen LogP contribution is 2.37. The molecule has 0 aliphatic carbocycles. The third kappa shape index (κ3) is 5.83. The monoisotopic (exact) mass is 591 g/mol. The second-order valence-electron chi connectivity index (χ2n) is 11.1. The lowest BCUT2D eigenvalue weighted by atomic mass is 10.0. The van der Waals surface area contributed by atoms with Gasteiger partial charge < -0.3 is 20.1 Å². The Bertz CT molecular complexity index is 1730. The Labute approximate surface area is 246 Å². The lowest BCUT2D eigenvalue weighted by Gasteiger charge is -2.25. The molecule has 2 unspecified atom stereocenters. The quantitative estimate of drug-likeness (QED) is 0.264. The fourth-order valence-corrected chi connectivity index (χ4v) is 6.50. The number of anilines is 4. The summed E-state index contributed by atoms with van der Waals surface area (Å²) in [7, 11) is -3.57. The minimum Gasteiger partial charge on any atom is -0.374 e. The first-order valence-electron chi connectivity index (χ1n) is 14.5. The average molecular weight is 592 g/mol. The molecule has 12 heteroatoms. The number of pyridine rings is 1. The molecular formula is C30H37N7O4S. The van der Waals surface area contributed by atoms with E-state index in [4.69, 9.17) is 19.4 Å². The van der Waals surface area contributed by atoms with Crippen molar-refractivity contribution in [2.45, 2.75) is 76.5 Å². The lowest BCUT2D eigenvalue weighted by molar-refractivity contribution is -0.0308. The van der Waals surface area contributed by atoms with Gasteiger partial charge in [-0.05, 0) is 77.0 Å². The number of benzene rings is 1. The van der Waals surface area contributed by atoms with Gasteiger partial charge in [0.05, 0.1) is 40.0 Å². The molecule has 3 aromatic heterocycles. The molecule has 5 heterocycles. The van der Waals surface area contributed by atoms with Gasteiger partial charge in [-0.3, -0.25) is 9.55 Å². The number of imidazole rings is 1. The van der Waals surface area contributed by atoms with E-state index in [1.165, 1.54) is 6.26 Å². The SMILES string of the molecule is Cc1ncc(Nc2cc(Nc3ccc(C4CCCCO4)cc3S(C)(=O)=O)c3nc(C)n(C4CCCCO4)c3n2)nc1C. The molecule has 2 atom stereocenters. The fourth-order valence-electron chi connectivity index (χ4n) is 5.63. The molecule has 4 aromatic rings. The normalized spacial score (nSPS) is 19.6.